The summed E-state index contributed by atoms with van der Waals surface area (Å²) >= 11 is 0. The molecule has 2 aliphatic rings. The van der Waals surface area contributed by atoms with E-state index in [9.17, 15) is 10.1 Å². The van der Waals surface area contributed by atoms with Crippen LogP contribution in [0.2, 0.25) is 0 Å². The molecule has 1 N–H and O–H groups in total. The van der Waals surface area contributed by atoms with Crippen molar-refractivity contribution in [1.82, 2.24) is 19.5 Å². The average molecular weight is 430 g/mol. The Bertz CT molecular complexity index is 1080. The zero-order chi connectivity index (χ0) is 22.4. The van der Waals surface area contributed by atoms with E-state index in [2.05, 4.69) is 15.1 Å². The lowest BCUT2D eigenvalue weighted by Gasteiger charge is -2.28. The van der Waals surface area contributed by atoms with E-state index in [0.717, 1.165) is 0 Å². The second kappa shape index (κ2) is 7.45. The van der Waals surface area contributed by atoms with Gasteiger partial charge in [0.15, 0.2) is 11.6 Å². The number of hydrogen-bond acceptors (Lipinski definition) is 9. The molecule has 2 fully saturated rings. The highest BCUT2D eigenvalue weighted by Gasteiger charge is 2.65. The number of ether oxygens (including phenoxy) is 4. The predicted octanol–water partition coefficient (Wildman–Crippen LogP) is 1.50. The molecule has 0 unspecified atom stereocenters. The highest BCUT2D eigenvalue weighted by molar-refractivity contribution is 5.71. The van der Waals surface area contributed by atoms with Gasteiger partial charge in [0.25, 0.3) is 0 Å². The van der Waals surface area contributed by atoms with Crippen LogP contribution in [-0.2, 0) is 18.9 Å². The molecular formula is C19H22N6O6. The van der Waals surface area contributed by atoms with Crippen molar-refractivity contribution in [2.24, 2.45) is 4.99 Å². The summed E-state index contributed by atoms with van der Waals surface area (Å²) in [5.74, 6) is -0.541. The molecule has 0 radical (unpaired) electrons. The first kappa shape index (κ1) is 21.0. The fraction of sp³-hybridized carbons (Fsp3) is 0.526. The molecule has 0 amide bonds. The van der Waals surface area contributed by atoms with E-state index in [1.807, 2.05) is 20.2 Å². The Labute approximate surface area is 177 Å². The number of fused-ring (bicyclic) bond motifs is 2. The molecule has 2 aromatic rings. The van der Waals surface area contributed by atoms with Gasteiger partial charge in [-0.3, -0.25) is 0 Å². The number of carbonyl (C=O) groups is 1. The third-order valence-corrected chi connectivity index (χ3v) is 4.99. The van der Waals surface area contributed by atoms with Crippen molar-refractivity contribution in [2.45, 2.75) is 43.5 Å². The van der Waals surface area contributed by atoms with E-state index in [-0.39, 0.29) is 0 Å². The van der Waals surface area contributed by atoms with Crippen LogP contribution in [0.3, 0.4) is 0 Å². The Balaban J connectivity index is 1.76. The molecule has 12 heteroatoms. The van der Waals surface area contributed by atoms with E-state index in [0.29, 0.717) is 17.0 Å². The van der Waals surface area contributed by atoms with Crippen LogP contribution in [0.4, 0.5) is 10.6 Å². The van der Waals surface area contributed by atoms with Crippen molar-refractivity contribution in [2.75, 3.05) is 20.7 Å². The average Bonchev–Trinajstić information content (AvgIpc) is 3.35. The van der Waals surface area contributed by atoms with Crippen LogP contribution in [0, 0.1) is 11.3 Å². The van der Waals surface area contributed by atoms with Crippen molar-refractivity contribution >= 4 is 23.8 Å². The lowest BCUT2D eigenvalue weighted by Crippen LogP contribution is -2.46. The largest absolute Gasteiger partial charge is 0.505 e. The van der Waals surface area contributed by atoms with Gasteiger partial charge in [0.05, 0.1) is 12.0 Å². The van der Waals surface area contributed by atoms with Crippen molar-refractivity contribution in [3.63, 3.8) is 0 Å². The maximum Gasteiger partial charge on any atom is 0.505 e. The second-order valence-electron chi connectivity index (χ2n) is 7.96. The molecule has 4 heterocycles. The predicted molar refractivity (Wildman–Crippen MR) is 105 cm³/mol. The van der Waals surface area contributed by atoms with Gasteiger partial charge in [-0.25, -0.2) is 19.3 Å². The Morgan fingerprint density at radius 2 is 2.19 bits per heavy atom. The first-order chi connectivity index (χ1) is 14.7. The minimum absolute atomic E-state index is 0.453. The summed E-state index contributed by atoms with van der Waals surface area (Å²) in [5, 5.41) is 23.1. The smallest absolute Gasteiger partial charge is 0.450 e. The van der Waals surface area contributed by atoms with E-state index in [4.69, 9.17) is 24.1 Å². The Morgan fingerprint density at radius 1 is 1.42 bits per heavy atom. The highest BCUT2D eigenvalue weighted by atomic mass is 16.8. The molecule has 0 aliphatic carbocycles. The standard InChI is InChI=1S/C19H22N6O6/c1-18(2)29-14-13(30-19(7-20,15(14)31-18)8-28-17(26)27)11-5-6-12-16(22-10-24(3)4)21-9-23-25(11)12/h5-6,9-10,13-15H,8H2,1-4H3,(H,26,27)/t13-,14-,15-,19+/m0/s1. The minimum atomic E-state index is -1.68. The molecule has 12 nitrogen and oxygen atoms in total. The van der Waals surface area contributed by atoms with Crippen LogP contribution >= 0.6 is 0 Å². The fourth-order valence-electron chi connectivity index (χ4n) is 3.79. The topological polar surface area (TPSA) is 144 Å². The maximum atomic E-state index is 11.0. The van der Waals surface area contributed by atoms with Crippen LogP contribution in [-0.4, -0.2) is 81.4 Å². The maximum absolute atomic E-state index is 11.0. The summed E-state index contributed by atoms with van der Waals surface area (Å²) in [6.07, 6.45) is -0.846. The molecule has 2 aromatic heterocycles. The van der Waals surface area contributed by atoms with Crippen molar-refractivity contribution in [1.29, 1.82) is 5.26 Å². The van der Waals surface area contributed by atoms with E-state index in [1.165, 1.54) is 6.33 Å². The van der Waals surface area contributed by atoms with Gasteiger partial charge >= 0.3 is 6.16 Å². The van der Waals surface area contributed by atoms with Crippen LogP contribution in [0.5, 0.6) is 0 Å². The van der Waals surface area contributed by atoms with Gasteiger partial charge in [-0.05, 0) is 26.0 Å². The number of rotatable bonds is 5. The summed E-state index contributed by atoms with van der Waals surface area (Å²) in [4.78, 5) is 21.3. The van der Waals surface area contributed by atoms with Gasteiger partial charge in [0.1, 0.15) is 42.8 Å². The molecule has 0 saturated carbocycles. The first-order valence-electron chi connectivity index (χ1n) is 9.49. The SMILES string of the molecule is CN(C)C=Nc1ncnn2c([C@@H]3O[C@](C#N)(COC(=O)O)[C@H]4OC(C)(C)O[C@@H]34)ccc12. The summed E-state index contributed by atoms with van der Waals surface area (Å²) in [5.41, 5.74) is -0.461. The van der Waals surface area contributed by atoms with E-state index in [1.54, 1.807) is 41.7 Å². The number of aromatic nitrogens is 3. The molecule has 2 aliphatic heterocycles. The monoisotopic (exact) mass is 430 g/mol. The van der Waals surface area contributed by atoms with Gasteiger partial charge in [-0.1, -0.05) is 0 Å². The first-order valence-corrected chi connectivity index (χ1v) is 9.49. The quantitative estimate of drug-likeness (QED) is 0.421. The summed E-state index contributed by atoms with van der Waals surface area (Å²) in [7, 11) is 3.69. The number of hydrogen-bond donors (Lipinski definition) is 1. The summed E-state index contributed by atoms with van der Waals surface area (Å²) in [6.45, 7) is 2.91. The molecule has 4 rings (SSSR count). The zero-order valence-electron chi connectivity index (χ0n) is 17.4. The summed E-state index contributed by atoms with van der Waals surface area (Å²) < 4.78 is 24.3. The fourth-order valence-corrected chi connectivity index (χ4v) is 3.79. The van der Waals surface area contributed by atoms with Gasteiger partial charge in [-0.2, -0.15) is 10.4 Å². The lowest BCUT2D eigenvalue weighted by atomic mass is 9.96. The number of carboxylic acid groups (broad SMARTS) is 1. The Hall–Kier alpha value is -3.27. The van der Waals surface area contributed by atoms with Gasteiger partial charge in [-0.15, -0.1) is 0 Å². The molecule has 31 heavy (non-hydrogen) atoms. The van der Waals surface area contributed by atoms with Crippen molar-refractivity contribution in [3.8, 4) is 6.07 Å². The molecule has 4 atom stereocenters. The van der Waals surface area contributed by atoms with Gasteiger partial charge < -0.3 is 29.0 Å². The summed E-state index contributed by atoms with van der Waals surface area (Å²) in [6, 6.07) is 5.61. The molecule has 0 aromatic carbocycles. The van der Waals surface area contributed by atoms with Crippen molar-refractivity contribution in [3.05, 3.63) is 24.2 Å². The third-order valence-electron chi connectivity index (χ3n) is 4.99. The molecule has 2 saturated heterocycles. The molecule has 0 spiro atoms. The highest BCUT2D eigenvalue weighted by Crippen LogP contribution is 2.50. The van der Waals surface area contributed by atoms with Gasteiger partial charge in [0, 0.05) is 14.1 Å². The molecule has 0 bridgehead atoms. The van der Waals surface area contributed by atoms with E-state index >= 15 is 0 Å². The number of aliphatic imine (C=N–C) groups is 1. The normalized spacial score (nSPS) is 29.2. The molecule has 164 valence electrons. The minimum Gasteiger partial charge on any atom is -0.450 e. The molecular weight excluding hydrogens is 408 g/mol. The van der Waals surface area contributed by atoms with Crippen LogP contribution in [0.1, 0.15) is 25.6 Å². The zero-order valence-corrected chi connectivity index (χ0v) is 17.4. The second-order valence-corrected chi connectivity index (χ2v) is 7.96. The van der Waals surface area contributed by atoms with Crippen LogP contribution in [0.25, 0.3) is 5.52 Å². The Kier molecular flexibility index (Phi) is 5.04. The lowest BCUT2D eigenvalue weighted by molar-refractivity contribution is -0.205. The van der Waals surface area contributed by atoms with Gasteiger partial charge in [0.2, 0.25) is 5.60 Å². The van der Waals surface area contributed by atoms with Crippen molar-refractivity contribution < 1.29 is 28.8 Å². The third kappa shape index (κ3) is 3.67. The van der Waals surface area contributed by atoms with Crippen LogP contribution < -0.4 is 0 Å². The Morgan fingerprint density at radius 3 is 2.87 bits per heavy atom. The number of nitrogens with zero attached hydrogens (tertiary/aromatic N) is 6. The van der Waals surface area contributed by atoms with Crippen LogP contribution in [0.15, 0.2) is 23.5 Å². The van der Waals surface area contributed by atoms with E-state index < -0.39 is 42.5 Å². The number of nitriles is 1.